The molecule has 0 radical (unpaired) electrons. The van der Waals surface area contributed by atoms with Crippen molar-refractivity contribution in [1.82, 2.24) is 4.90 Å². The zero-order valence-electron chi connectivity index (χ0n) is 19.2. The van der Waals surface area contributed by atoms with Crippen molar-refractivity contribution in [3.8, 4) is 5.75 Å². The summed E-state index contributed by atoms with van der Waals surface area (Å²) in [7, 11) is 1.63. The average Bonchev–Trinajstić information content (AvgIpc) is 2.79. The highest BCUT2D eigenvalue weighted by Crippen LogP contribution is 2.20. The largest absolute Gasteiger partial charge is 0.497 e. The number of carbonyl (C=O) groups excluding carboxylic acids is 1. The standard InChI is InChI=1S/C26H38N2O3/c1-4-6-14-22(5-2)26(30)28(18-21-13-10-15-23(16-21)31-3)19-25(29)24(27)17-20-11-8-7-9-12-20/h7-13,15-16,22,24-25,29H,4-6,14,17-19,27H2,1-3H3/t22?,24-,25+/m0/s1. The van der Waals surface area contributed by atoms with Crippen molar-refractivity contribution in [3.05, 3.63) is 65.7 Å². The predicted molar refractivity (Wildman–Crippen MR) is 126 cm³/mol. The molecule has 1 unspecified atom stereocenters. The maximum Gasteiger partial charge on any atom is 0.226 e. The zero-order chi connectivity index (χ0) is 22.6. The number of rotatable bonds is 13. The van der Waals surface area contributed by atoms with Gasteiger partial charge in [-0.05, 0) is 42.5 Å². The van der Waals surface area contributed by atoms with Crippen LogP contribution < -0.4 is 10.5 Å². The Labute approximate surface area is 187 Å². The van der Waals surface area contributed by atoms with E-state index in [1.807, 2.05) is 54.6 Å². The van der Waals surface area contributed by atoms with Gasteiger partial charge < -0.3 is 20.5 Å². The summed E-state index contributed by atoms with van der Waals surface area (Å²) in [6, 6.07) is 17.2. The molecule has 0 saturated carbocycles. The Balaban J connectivity index is 2.15. The summed E-state index contributed by atoms with van der Waals surface area (Å²) in [6.45, 7) is 4.83. The first-order chi connectivity index (χ1) is 15.0. The number of unbranched alkanes of at least 4 members (excludes halogenated alkanes) is 1. The van der Waals surface area contributed by atoms with E-state index in [1.54, 1.807) is 12.0 Å². The van der Waals surface area contributed by atoms with Crippen LogP contribution in [0.5, 0.6) is 5.75 Å². The highest BCUT2D eigenvalue weighted by molar-refractivity contribution is 5.78. The van der Waals surface area contributed by atoms with Gasteiger partial charge in [-0.3, -0.25) is 4.79 Å². The van der Waals surface area contributed by atoms with Crippen LogP contribution in [0.1, 0.15) is 50.7 Å². The Morgan fingerprint density at radius 3 is 2.45 bits per heavy atom. The Kier molecular flexibility index (Phi) is 10.5. The molecule has 3 N–H and O–H groups in total. The van der Waals surface area contributed by atoms with Gasteiger partial charge in [0.1, 0.15) is 5.75 Å². The molecule has 2 aromatic rings. The van der Waals surface area contributed by atoms with Gasteiger partial charge in [0, 0.05) is 25.0 Å². The van der Waals surface area contributed by atoms with Crippen molar-refractivity contribution >= 4 is 5.91 Å². The molecule has 0 spiro atoms. The van der Waals surface area contributed by atoms with Gasteiger partial charge in [-0.2, -0.15) is 0 Å². The number of nitrogens with two attached hydrogens (primary N) is 1. The summed E-state index contributed by atoms with van der Waals surface area (Å²) in [5.41, 5.74) is 8.37. The van der Waals surface area contributed by atoms with E-state index in [0.29, 0.717) is 13.0 Å². The maximum atomic E-state index is 13.4. The van der Waals surface area contributed by atoms with Crippen LogP contribution in [0.25, 0.3) is 0 Å². The molecule has 2 rings (SSSR count). The third-order valence-corrected chi connectivity index (χ3v) is 5.78. The quantitative estimate of drug-likeness (QED) is 0.504. The molecule has 5 heteroatoms. The number of aliphatic hydroxyl groups excluding tert-OH is 1. The van der Waals surface area contributed by atoms with Gasteiger partial charge >= 0.3 is 0 Å². The van der Waals surface area contributed by atoms with Crippen molar-refractivity contribution < 1.29 is 14.6 Å². The van der Waals surface area contributed by atoms with E-state index in [4.69, 9.17) is 10.5 Å². The molecule has 170 valence electrons. The predicted octanol–water partition coefficient (Wildman–Crippen LogP) is 4.17. The second-order valence-electron chi connectivity index (χ2n) is 8.24. The van der Waals surface area contributed by atoms with Crippen LogP contribution in [-0.4, -0.2) is 41.7 Å². The number of ether oxygens (including phenoxy) is 1. The fourth-order valence-corrected chi connectivity index (χ4v) is 3.82. The van der Waals surface area contributed by atoms with E-state index >= 15 is 0 Å². The molecule has 0 aliphatic heterocycles. The summed E-state index contributed by atoms with van der Waals surface area (Å²) in [5, 5.41) is 10.9. The summed E-state index contributed by atoms with van der Waals surface area (Å²) >= 11 is 0. The average molecular weight is 427 g/mol. The summed E-state index contributed by atoms with van der Waals surface area (Å²) in [5.74, 6) is 0.803. The lowest BCUT2D eigenvalue weighted by Gasteiger charge is -2.31. The Hall–Kier alpha value is -2.37. The van der Waals surface area contributed by atoms with Crippen LogP contribution in [0.4, 0.5) is 0 Å². The smallest absolute Gasteiger partial charge is 0.226 e. The molecule has 0 aliphatic rings. The number of amides is 1. The Morgan fingerprint density at radius 2 is 1.81 bits per heavy atom. The molecule has 5 nitrogen and oxygen atoms in total. The number of aliphatic hydroxyl groups is 1. The lowest BCUT2D eigenvalue weighted by molar-refractivity contribution is -0.138. The van der Waals surface area contributed by atoms with Crippen LogP contribution in [0.2, 0.25) is 0 Å². The first-order valence-electron chi connectivity index (χ1n) is 11.4. The van der Waals surface area contributed by atoms with E-state index in [-0.39, 0.29) is 18.4 Å². The molecular formula is C26H38N2O3. The van der Waals surface area contributed by atoms with Gasteiger partial charge in [0.05, 0.1) is 13.2 Å². The second kappa shape index (κ2) is 13.1. The van der Waals surface area contributed by atoms with Crippen LogP contribution in [0.3, 0.4) is 0 Å². The molecule has 1 amide bonds. The molecule has 0 saturated heterocycles. The number of benzene rings is 2. The van der Waals surface area contributed by atoms with Gasteiger partial charge in [-0.15, -0.1) is 0 Å². The molecule has 0 heterocycles. The van der Waals surface area contributed by atoms with Gasteiger partial charge in [-0.1, -0.05) is 69.2 Å². The van der Waals surface area contributed by atoms with E-state index in [9.17, 15) is 9.90 Å². The monoisotopic (exact) mass is 426 g/mol. The third-order valence-electron chi connectivity index (χ3n) is 5.78. The SMILES string of the molecule is CCCCC(CC)C(=O)N(Cc1cccc(OC)c1)C[C@@H](O)[C@@H](N)Cc1ccccc1. The first kappa shape index (κ1) is 24.9. The van der Waals surface area contributed by atoms with E-state index < -0.39 is 12.1 Å². The van der Waals surface area contributed by atoms with Gasteiger partial charge in [-0.25, -0.2) is 0 Å². The minimum atomic E-state index is -0.807. The minimum Gasteiger partial charge on any atom is -0.497 e. The van der Waals surface area contributed by atoms with Crippen LogP contribution in [0, 0.1) is 5.92 Å². The highest BCUT2D eigenvalue weighted by atomic mass is 16.5. The Morgan fingerprint density at radius 1 is 1.10 bits per heavy atom. The van der Waals surface area contributed by atoms with Crippen molar-refractivity contribution in [1.29, 1.82) is 0 Å². The number of methoxy groups -OCH3 is 1. The van der Waals surface area contributed by atoms with E-state index in [2.05, 4.69) is 13.8 Å². The Bertz CT molecular complexity index is 781. The molecule has 0 aliphatic carbocycles. The summed E-state index contributed by atoms with van der Waals surface area (Å²) < 4.78 is 5.33. The lowest BCUT2D eigenvalue weighted by Crippen LogP contribution is -2.47. The fraction of sp³-hybridized carbons (Fsp3) is 0.500. The molecule has 2 aromatic carbocycles. The van der Waals surface area contributed by atoms with E-state index in [0.717, 1.165) is 42.6 Å². The van der Waals surface area contributed by atoms with Gasteiger partial charge in [0.25, 0.3) is 0 Å². The first-order valence-corrected chi connectivity index (χ1v) is 11.4. The van der Waals surface area contributed by atoms with Crippen molar-refractivity contribution in [2.75, 3.05) is 13.7 Å². The van der Waals surface area contributed by atoms with Crippen molar-refractivity contribution in [2.45, 2.75) is 64.6 Å². The van der Waals surface area contributed by atoms with Crippen LogP contribution >= 0.6 is 0 Å². The van der Waals surface area contributed by atoms with Crippen LogP contribution in [0.15, 0.2) is 54.6 Å². The zero-order valence-corrected chi connectivity index (χ0v) is 19.2. The fourth-order valence-electron chi connectivity index (χ4n) is 3.82. The molecular weight excluding hydrogens is 388 g/mol. The van der Waals surface area contributed by atoms with Crippen molar-refractivity contribution in [3.63, 3.8) is 0 Å². The molecule has 0 bridgehead atoms. The summed E-state index contributed by atoms with van der Waals surface area (Å²) in [6.07, 6.45) is 3.50. The number of nitrogens with zero attached hydrogens (tertiary/aromatic N) is 1. The minimum absolute atomic E-state index is 0.0388. The molecule has 0 aromatic heterocycles. The molecule has 0 fully saturated rings. The molecule has 31 heavy (non-hydrogen) atoms. The van der Waals surface area contributed by atoms with E-state index in [1.165, 1.54) is 0 Å². The molecule has 3 atom stereocenters. The normalized spacial score (nSPS) is 14.0. The lowest BCUT2D eigenvalue weighted by atomic mass is 9.96. The number of hydrogen-bond acceptors (Lipinski definition) is 4. The topological polar surface area (TPSA) is 75.8 Å². The third kappa shape index (κ3) is 8.00. The van der Waals surface area contributed by atoms with Gasteiger partial charge in [0.2, 0.25) is 5.91 Å². The number of hydrogen-bond donors (Lipinski definition) is 2. The van der Waals surface area contributed by atoms with Gasteiger partial charge in [0.15, 0.2) is 0 Å². The maximum absolute atomic E-state index is 13.4. The van der Waals surface area contributed by atoms with Crippen LogP contribution in [-0.2, 0) is 17.8 Å². The number of carbonyl (C=O) groups is 1. The summed E-state index contributed by atoms with van der Waals surface area (Å²) in [4.78, 5) is 15.2. The highest BCUT2D eigenvalue weighted by Gasteiger charge is 2.27. The second-order valence-corrected chi connectivity index (χ2v) is 8.24. The van der Waals surface area contributed by atoms with Crippen molar-refractivity contribution in [2.24, 2.45) is 11.7 Å².